The first kappa shape index (κ1) is 31.0. The number of esters is 2. The van der Waals surface area contributed by atoms with Gasteiger partial charge in [-0.1, -0.05) is 48.4 Å². The molecule has 0 fully saturated rings. The van der Waals surface area contributed by atoms with Crippen molar-refractivity contribution in [3.05, 3.63) is 94.5 Å². The molecule has 38 heavy (non-hydrogen) atoms. The van der Waals surface area contributed by atoms with E-state index in [0.29, 0.717) is 23.2 Å². The summed E-state index contributed by atoms with van der Waals surface area (Å²) in [4.78, 5) is 25.7. The Morgan fingerprint density at radius 2 is 1.29 bits per heavy atom. The number of carbonyl (C=O) groups is 2. The van der Waals surface area contributed by atoms with Crippen LogP contribution in [0.4, 0.5) is 0 Å². The molecule has 204 valence electrons. The number of rotatable bonds is 9. The van der Waals surface area contributed by atoms with Crippen LogP contribution in [0.3, 0.4) is 0 Å². The molecule has 0 aliphatic rings. The van der Waals surface area contributed by atoms with E-state index in [1.54, 1.807) is 42.5 Å². The summed E-state index contributed by atoms with van der Waals surface area (Å²) in [6.07, 6.45) is -0.0640. The second kappa shape index (κ2) is 13.6. The standard InChI is InChI=1S/C31H37NO5.ClH/c1-7-22(19-32-31(4,5)6)28(33)25-16-17-26(36-29(34)23-12-8-20(2)9-13-23)27(18-25)37-30(35)24-14-10-21(3)11-15-24;/h8-18,22,28,32-33H,7,19H2,1-6H3;1H. The average Bonchev–Trinajstić information content (AvgIpc) is 2.85. The summed E-state index contributed by atoms with van der Waals surface area (Å²) < 4.78 is 11.3. The molecular formula is C31H38ClNO5. The van der Waals surface area contributed by atoms with Gasteiger partial charge in [0.25, 0.3) is 0 Å². The summed E-state index contributed by atoms with van der Waals surface area (Å²) in [5.41, 5.74) is 3.27. The second-order valence-corrected chi connectivity index (χ2v) is 10.5. The molecule has 3 aromatic carbocycles. The first-order valence-electron chi connectivity index (χ1n) is 12.6. The zero-order chi connectivity index (χ0) is 27.2. The lowest BCUT2D eigenvalue weighted by molar-refractivity contribution is 0.0680. The molecule has 0 spiro atoms. The fraction of sp³-hybridized carbons (Fsp3) is 0.355. The van der Waals surface area contributed by atoms with E-state index in [2.05, 4.69) is 26.1 Å². The van der Waals surface area contributed by atoms with E-state index in [1.165, 1.54) is 0 Å². The van der Waals surface area contributed by atoms with Crippen molar-refractivity contribution in [2.24, 2.45) is 5.92 Å². The van der Waals surface area contributed by atoms with Crippen molar-refractivity contribution in [3.63, 3.8) is 0 Å². The molecule has 0 bridgehead atoms. The molecule has 3 aromatic rings. The highest BCUT2D eigenvalue weighted by atomic mass is 35.5. The van der Waals surface area contributed by atoms with Gasteiger partial charge in [-0.3, -0.25) is 0 Å². The van der Waals surface area contributed by atoms with Crippen molar-refractivity contribution >= 4 is 24.3 Å². The molecule has 0 aliphatic heterocycles. The summed E-state index contributed by atoms with van der Waals surface area (Å²) in [5, 5.41) is 14.6. The highest BCUT2D eigenvalue weighted by Gasteiger charge is 2.24. The third-order valence-corrected chi connectivity index (χ3v) is 6.15. The number of halogens is 1. The lowest BCUT2D eigenvalue weighted by Crippen LogP contribution is -2.40. The summed E-state index contributed by atoms with van der Waals surface area (Å²) in [6.45, 7) is 12.7. The lowest BCUT2D eigenvalue weighted by atomic mass is 9.92. The molecule has 2 unspecified atom stereocenters. The monoisotopic (exact) mass is 539 g/mol. The number of benzene rings is 3. The second-order valence-electron chi connectivity index (χ2n) is 10.5. The van der Waals surface area contributed by atoms with Gasteiger partial charge in [0, 0.05) is 18.0 Å². The van der Waals surface area contributed by atoms with E-state index in [0.717, 1.165) is 17.5 Å². The zero-order valence-electron chi connectivity index (χ0n) is 22.9. The van der Waals surface area contributed by atoms with Gasteiger partial charge in [0.15, 0.2) is 11.5 Å². The van der Waals surface area contributed by atoms with Crippen LogP contribution in [0.1, 0.15) is 77.6 Å². The smallest absolute Gasteiger partial charge is 0.343 e. The van der Waals surface area contributed by atoms with Gasteiger partial charge in [-0.05, 0) is 83.0 Å². The summed E-state index contributed by atoms with van der Waals surface area (Å²) in [7, 11) is 0. The van der Waals surface area contributed by atoms with Gasteiger partial charge in [0.05, 0.1) is 17.2 Å². The zero-order valence-corrected chi connectivity index (χ0v) is 23.7. The summed E-state index contributed by atoms with van der Waals surface area (Å²) in [5.74, 6) is -1.05. The van der Waals surface area contributed by atoms with Crippen LogP contribution >= 0.6 is 12.4 Å². The van der Waals surface area contributed by atoms with E-state index in [4.69, 9.17) is 9.47 Å². The molecule has 2 N–H and O–H groups in total. The Morgan fingerprint density at radius 3 is 1.74 bits per heavy atom. The molecule has 3 rings (SSSR count). The Kier molecular flexibility index (Phi) is 11.1. The molecule has 0 aromatic heterocycles. The van der Waals surface area contributed by atoms with E-state index < -0.39 is 18.0 Å². The van der Waals surface area contributed by atoms with E-state index >= 15 is 0 Å². The first-order valence-corrected chi connectivity index (χ1v) is 12.6. The van der Waals surface area contributed by atoms with Crippen molar-refractivity contribution in [3.8, 4) is 11.5 Å². The molecule has 0 amide bonds. The van der Waals surface area contributed by atoms with E-state index in [-0.39, 0.29) is 35.4 Å². The van der Waals surface area contributed by atoms with Crippen molar-refractivity contribution in [2.75, 3.05) is 6.54 Å². The normalized spacial score (nSPS) is 12.7. The predicted octanol–water partition coefficient (Wildman–Crippen LogP) is 6.61. The number of aryl methyl sites for hydroxylation is 2. The Bertz CT molecular complexity index is 1220. The Balaban J connectivity index is 0.00000507. The maximum atomic E-state index is 12.9. The maximum Gasteiger partial charge on any atom is 0.343 e. The minimum Gasteiger partial charge on any atom is -0.419 e. The maximum absolute atomic E-state index is 12.9. The van der Waals surface area contributed by atoms with Gasteiger partial charge >= 0.3 is 11.9 Å². The summed E-state index contributed by atoms with van der Waals surface area (Å²) >= 11 is 0. The van der Waals surface area contributed by atoms with Gasteiger partial charge < -0.3 is 19.9 Å². The van der Waals surface area contributed by atoms with Gasteiger partial charge in [-0.2, -0.15) is 0 Å². The Hall–Kier alpha value is -3.19. The highest BCUT2D eigenvalue weighted by molar-refractivity contribution is 5.93. The molecule has 0 saturated carbocycles. The van der Waals surface area contributed by atoms with E-state index in [1.807, 2.05) is 45.0 Å². The van der Waals surface area contributed by atoms with Gasteiger partial charge in [-0.15, -0.1) is 12.4 Å². The van der Waals surface area contributed by atoms with Crippen molar-refractivity contribution < 1.29 is 24.2 Å². The molecule has 7 heteroatoms. The fourth-order valence-corrected chi connectivity index (χ4v) is 3.76. The van der Waals surface area contributed by atoms with Crippen molar-refractivity contribution in [1.29, 1.82) is 0 Å². The molecule has 0 radical (unpaired) electrons. The van der Waals surface area contributed by atoms with E-state index in [9.17, 15) is 14.7 Å². The van der Waals surface area contributed by atoms with Crippen LogP contribution in [-0.2, 0) is 0 Å². The largest absolute Gasteiger partial charge is 0.419 e. The highest BCUT2D eigenvalue weighted by Crippen LogP contribution is 2.35. The minimum atomic E-state index is -0.807. The van der Waals surface area contributed by atoms with Crippen molar-refractivity contribution in [2.45, 2.75) is 59.6 Å². The summed E-state index contributed by atoms with van der Waals surface area (Å²) in [6, 6.07) is 18.9. The van der Waals surface area contributed by atoms with Crippen LogP contribution in [0.25, 0.3) is 0 Å². The van der Waals surface area contributed by atoms with Crippen molar-refractivity contribution in [1.82, 2.24) is 5.32 Å². The third-order valence-electron chi connectivity index (χ3n) is 6.15. The van der Waals surface area contributed by atoms with Crippen LogP contribution in [-0.4, -0.2) is 29.1 Å². The number of aliphatic hydroxyl groups excluding tert-OH is 1. The average molecular weight is 540 g/mol. The quantitative estimate of drug-likeness (QED) is 0.235. The molecule has 0 heterocycles. The first-order chi connectivity index (χ1) is 17.5. The number of hydrogen-bond acceptors (Lipinski definition) is 6. The van der Waals surface area contributed by atoms with Gasteiger partial charge in [-0.25, -0.2) is 9.59 Å². The SMILES string of the molecule is CCC(CNC(C)(C)C)C(O)c1ccc(OC(=O)c2ccc(C)cc2)c(OC(=O)c2ccc(C)cc2)c1.Cl. The number of ether oxygens (including phenoxy) is 2. The lowest BCUT2D eigenvalue weighted by Gasteiger charge is -2.28. The number of aliphatic hydroxyl groups is 1. The van der Waals surface area contributed by atoms with Crippen LogP contribution in [0.5, 0.6) is 11.5 Å². The van der Waals surface area contributed by atoms with Gasteiger partial charge in [0.1, 0.15) is 0 Å². The Morgan fingerprint density at radius 1 is 0.816 bits per heavy atom. The Labute approximate surface area is 231 Å². The number of nitrogens with one attached hydrogen (secondary N) is 1. The third kappa shape index (κ3) is 8.69. The van der Waals surface area contributed by atoms with Crippen LogP contribution < -0.4 is 14.8 Å². The van der Waals surface area contributed by atoms with Crippen LogP contribution in [0.2, 0.25) is 0 Å². The number of carbonyl (C=O) groups excluding carboxylic acids is 2. The van der Waals surface area contributed by atoms with Crippen LogP contribution in [0, 0.1) is 19.8 Å². The number of hydrogen-bond donors (Lipinski definition) is 2. The molecule has 2 atom stereocenters. The molecular weight excluding hydrogens is 502 g/mol. The topological polar surface area (TPSA) is 84.9 Å². The molecule has 0 saturated heterocycles. The molecule has 6 nitrogen and oxygen atoms in total. The van der Waals surface area contributed by atoms with Gasteiger partial charge in [0.2, 0.25) is 0 Å². The molecule has 0 aliphatic carbocycles. The predicted molar refractivity (Wildman–Crippen MR) is 152 cm³/mol. The van der Waals surface area contributed by atoms with Crippen LogP contribution in [0.15, 0.2) is 66.7 Å². The minimum absolute atomic E-state index is 0. The fourth-order valence-electron chi connectivity index (χ4n) is 3.76.